The van der Waals surface area contributed by atoms with Crippen LogP contribution in [0.2, 0.25) is 0 Å². The van der Waals surface area contributed by atoms with Crippen LogP contribution in [0.15, 0.2) is 0 Å². The zero-order chi connectivity index (χ0) is 11.3. The summed E-state index contributed by atoms with van der Waals surface area (Å²) in [5, 5.41) is 3.44. The molecule has 0 saturated heterocycles. The van der Waals surface area contributed by atoms with Gasteiger partial charge in [0.25, 0.3) is 0 Å². The maximum absolute atomic E-state index is 3.44. The second-order valence-electron chi connectivity index (χ2n) is 5.27. The lowest BCUT2D eigenvalue weighted by molar-refractivity contribution is 0.188. The predicted octanol–water partition coefficient (Wildman–Crippen LogP) is 2.49. The molecular weight excluding hydrogens is 184 g/mol. The molecule has 0 aromatic rings. The third kappa shape index (κ3) is 4.98. The zero-order valence-electron chi connectivity index (χ0n) is 10.9. The van der Waals surface area contributed by atoms with Crippen molar-refractivity contribution in [1.82, 2.24) is 10.2 Å². The Bertz CT molecular complexity index is 164. The monoisotopic (exact) mass is 212 g/mol. The van der Waals surface area contributed by atoms with Crippen molar-refractivity contribution in [2.75, 3.05) is 20.1 Å². The number of nitrogens with one attached hydrogen (secondary N) is 1. The average molecular weight is 212 g/mol. The van der Waals surface area contributed by atoms with Crippen LogP contribution in [0.25, 0.3) is 0 Å². The fraction of sp³-hybridized carbons (Fsp3) is 1.00. The van der Waals surface area contributed by atoms with E-state index in [1.165, 1.54) is 38.8 Å². The number of nitrogens with zero attached hydrogens (tertiary/aromatic N) is 1. The van der Waals surface area contributed by atoms with Crippen LogP contribution in [-0.4, -0.2) is 37.1 Å². The summed E-state index contributed by atoms with van der Waals surface area (Å²) in [6.45, 7) is 9.45. The van der Waals surface area contributed by atoms with Crippen molar-refractivity contribution in [3.05, 3.63) is 0 Å². The van der Waals surface area contributed by atoms with Crippen LogP contribution in [0.5, 0.6) is 0 Å². The van der Waals surface area contributed by atoms with Gasteiger partial charge in [-0.25, -0.2) is 0 Å². The first-order valence-corrected chi connectivity index (χ1v) is 6.58. The fourth-order valence-electron chi connectivity index (χ4n) is 2.09. The van der Waals surface area contributed by atoms with Crippen LogP contribution in [0, 0.1) is 5.92 Å². The van der Waals surface area contributed by atoms with Gasteiger partial charge in [-0.2, -0.15) is 0 Å². The van der Waals surface area contributed by atoms with E-state index in [2.05, 4.69) is 38.0 Å². The maximum atomic E-state index is 3.44. The van der Waals surface area contributed by atoms with E-state index in [-0.39, 0.29) is 0 Å². The minimum atomic E-state index is 0.677. The largest absolute Gasteiger partial charge is 0.316 e. The van der Waals surface area contributed by atoms with Crippen LogP contribution < -0.4 is 5.32 Å². The van der Waals surface area contributed by atoms with Gasteiger partial charge in [0.2, 0.25) is 0 Å². The summed E-state index contributed by atoms with van der Waals surface area (Å²) in [5.41, 5.74) is 0. The topological polar surface area (TPSA) is 15.3 Å². The number of rotatable bonds is 8. The van der Waals surface area contributed by atoms with E-state index < -0.39 is 0 Å². The standard InChI is InChI=1S/C13H28N2/c1-5-6-13(14-4)10-15(11(2)3)9-12-7-8-12/h11-14H,5-10H2,1-4H3. The third-order valence-electron chi connectivity index (χ3n) is 3.42. The molecule has 0 radical (unpaired) electrons. The summed E-state index contributed by atoms with van der Waals surface area (Å²) in [7, 11) is 2.09. The van der Waals surface area contributed by atoms with E-state index in [0.29, 0.717) is 12.1 Å². The molecule has 0 amide bonds. The summed E-state index contributed by atoms with van der Waals surface area (Å²) in [6, 6.07) is 1.37. The molecule has 0 heterocycles. The van der Waals surface area contributed by atoms with Gasteiger partial charge in [-0.05, 0) is 46.1 Å². The predicted molar refractivity (Wildman–Crippen MR) is 67.2 cm³/mol. The highest BCUT2D eigenvalue weighted by Crippen LogP contribution is 2.30. The molecule has 2 nitrogen and oxygen atoms in total. The molecule has 0 aromatic heterocycles. The smallest absolute Gasteiger partial charge is 0.0192 e. The molecule has 1 aliphatic carbocycles. The molecule has 1 unspecified atom stereocenters. The molecule has 1 aliphatic rings. The minimum absolute atomic E-state index is 0.677. The first-order valence-electron chi connectivity index (χ1n) is 6.58. The van der Waals surface area contributed by atoms with Gasteiger partial charge in [0.15, 0.2) is 0 Å². The van der Waals surface area contributed by atoms with Gasteiger partial charge in [0.05, 0.1) is 0 Å². The second kappa shape index (κ2) is 6.49. The first kappa shape index (κ1) is 13.0. The average Bonchev–Trinajstić information content (AvgIpc) is 2.99. The van der Waals surface area contributed by atoms with Gasteiger partial charge in [0, 0.05) is 25.2 Å². The fourth-order valence-corrected chi connectivity index (χ4v) is 2.09. The molecular formula is C13H28N2. The minimum Gasteiger partial charge on any atom is -0.316 e. The third-order valence-corrected chi connectivity index (χ3v) is 3.42. The molecule has 0 bridgehead atoms. The molecule has 0 spiro atoms. The van der Waals surface area contributed by atoms with Crippen LogP contribution in [0.1, 0.15) is 46.5 Å². The van der Waals surface area contributed by atoms with Crippen LogP contribution in [0.3, 0.4) is 0 Å². The maximum Gasteiger partial charge on any atom is 0.0192 e. The quantitative estimate of drug-likeness (QED) is 0.665. The molecule has 1 atom stereocenters. The number of hydrogen-bond donors (Lipinski definition) is 1. The number of hydrogen-bond acceptors (Lipinski definition) is 2. The highest BCUT2D eigenvalue weighted by Gasteiger charge is 2.26. The van der Waals surface area contributed by atoms with Crippen LogP contribution in [0.4, 0.5) is 0 Å². The van der Waals surface area contributed by atoms with Crippen molar-refractivity contribution in [1.29, 1.82) is 0 Å². The van der Waals surface area contributed by atoms with Crippen molar-refractivity contribution >= 4 is 0 Å². The van der Waals surface area contributed by atoms with Crippen molar-refractivity contribution < 1.29 is 0 Å². The van der Waals surface area contributed by atoms with E-state index in [1.54, 1.807) is 0 Å². The normalized spacial score (nSPS) is 18.8. The lowest BCUT2D eigenvalue weighted by Crippen LogP contribution is -2.43. The molecule has 0 aromatic carbocycles. The van der Waals surface area contributed by atoms with Gasteiger partial charge in [-0.15, -0.1) is 0 Å². The lowest BCUT2D eigenvalue weighted by atomic mass is 10.1. The van der Waals surface area contributed by atoms with E-state index in [1.807, 2.05) is 0 Å². The Morgan fingerprint density at radius 2 is 2.00 bits per heavy atom. The SMILES string of the molecule is CCCC(CN(CC1CC1)C(C)C)NC. The Morgan fingerprint density at radius 3 is 2.40 bits per heavy atom. The van der Waals surface area contributed by atoms with E-state index >= 15 is 0 Å². The van der Waals surface area contributed by atoms with Gasteiger partial charge in [-0.1, -0.05) is 13.3 Å². The highest BCUT2D eigenvalue weighted by atomic mass is 15.2. The van der Waals surface area contributed by atoms with E-state index in [4.69, 9.17) is 0 Å². The highest BCUT2D eigenvalue weighted by molar-refractivity contribution is 4.81. The molecule has 1 rings (SSSR count). The Kier molecular flexibility index (Phi) is 5.62. The van der Waals surface area contributed by atoms with Gasteiger partial charge in [0.1, 0.15) is 0 Å². The molecule has 1 fully saturated rings. The summed E-state index contributed by atoms with van der Waals surface area (Å²) >= 11 is 0. The van der Waals surface area contributed by atoms with E-state index in [0.717, 1.165) is 5.92 Å². The Labute approximate surface area is 95.4 Å². The van der Waals surface area contributed by atoms with E-state index in [9.17, 15) is 0 Å². The summed E-state index contributed by atoms with van der Waals surface area (Å²) < 4.78 is 0. The Morgan fingerprint density at radius 1 is 1.33 bits per heavy atom. The van der Waals surface area contributed by atoms with Gasteiger partial charge >= 0.3 is 0 Å². The summed E-state index contributed by atoms with van der Waals surface area (Å²) in [6.07, 6.45) is 5.49. The lowest BCUT2D eigenvalue weighted by Gasteiger charge is -2.30. The Balaban J connectivity index is 2.33. The van der Waals surface area contributed by atoms with Crippen LogP contribution >= 0.6 is 0 Å². The zero-order valence-corrected chi connectivity index (χ0v) is 10.9. The first-order chi connectivity index (χ1) is 7.17. The molecule has 15 heavy (non-hydrogen) atoms. The molecule has 0 aliphatic heterocycles. The second-order valence-corrected chi connectivity index (χ2v) is 5.27. The van der Waals surface area contributed by atoms with Crippen molar-refractivity contribution in [2.24, 2.45) is 5.92 Å². The van der Waals surface area contributed by atoms with Crippen molar-refractivity contribution in [2.45, 2.75) is 58.5 Å². The van der Waals surface area contributed by atoms with Gasteiger partial charge < -0.3 is 5.32 Å². The van der Waals surface area contributed by atoms with Crippen molar-refractivity contribution in [3.63, 3.8) is 0 Å². The van der Waals surface area contributed by atoms with Gasteiger partial charge in [-0.3, -0.25) is 4.90 Å². The molecule has 2 heteroatoms. The summed E-state index contributed by atoms with van der Waals surface area (Å²) in [5.74, 6) is 1.01. The molecule has 1 saturated carbocycles. The summed E-state index contributed by atoms with van der Waals surface area (Å²) in [4.78, 5) is 2.65. The molecule has 1 N–H and O–H groups in total. The molecule has 90 valence electrons. The number of likely N-dealkylation sites (N-methyl/N-ethyl adjacent to an activating group) is 1. The van der Waals surface area contributed by atoms with Crippen molar-refractivity contribution in [3.8, 4) is 0 Å². The Hall–Kier alpha value is -0.0800. The van der Waals surface area contributed by atoms with Crippen LogP contribution in [-0.2, 0) is 0 Å².